The van der Waals surface area contributed by atoms with E-state index < -0.39 is 0 Å². The van der Waals surface area contributed by atoms with E-state index in [1.165, 1.54) is 32.1 Å². The number of hydrogen-bond donors (Lipinski definition) is 1. The first-order valence-corrected chi connectivity index (χ1v) is 5.94. The Bertz CT molecular complexity index is 125. The minimum Gasteiger partial charge on any atom is -0.393 e. The van der Waals surface area contributed by atoms with Gasteiger partial charge in [-0.05, 0) is 24.7 Å². The molecule has 1 aliphatic rings. The standard InChI is InChI=1S/C12H24O/c1-3-10(4-2)8-12(13)9-11-6-5-7-11/h10-13H,3-9H2,1-2H3. The van der Waals surface area contributed by atoms with E-state index in [2.05, 4.69) is 13.8 Å². The lowest BCUT2D eigenvalue weighted by Gasteiger charge is -2.28. The topological polar surface area (TPSA) is 20.2 Å². The van der Waals surface area contributed by atoms with Crippen LogP contribution < -0.4 is 0 Å². The van der Waals surface area contributed by atoms with Gasteiger partial charge in [0.25, 0.3) is 0 Å². The van der Waals surface area contributed by atoms with Crippen LogP contribution in [0.5, 0.6) is 0 Å². The zero-order valence-electron chi connectivity index (χ0n) is 9.13. The molecule has 0 aliphatic heterocycles. The first kappa shape index (κ1) is 11.0. The van der Waals surface area contributed by atoms with Crippen LogP contribution in [0.4, 0.5) is 0 Å². The van der Waals surface area contributed by atoms with Crippen molar-refractivity contribution in [1.82, 2.24) is 0 Å². The van der Waals surface area contributed by atoms with Gasteiger partial charge in [-0.1, -0.05) is 46.0 Å². The Labute approximate surface area is 82.5 Å². The summed E-state index contributed by atoms with van der Waals surface area (Å²) in [7, 11) is 0. The lowest BCUT2D eigenvalue weighted by Crippen LogP contribution is -2.21. The Hall–Kier alpha value is -0.0400. The van der Waals surface area contributed by atoms with Crippen molar-refractivity contribution in [2.75, 3.05) is 0 Å². The molecule has 0 spiro atoms. The summed E-state index contributed by atoms with van der Waals surface area (Å²) in [4.78, 5) is 0. The Morgan fingerprint density at radius 1 is 1.23 bits per heavy atom. The molecule has 1 N–H and O–H groups in total. The summed E-state index contributed by atoms with van der Waals surface area (Å²) in [5, 5.41) is 9.82. The molecule has 13 heavy (non-hydrogen) atoms. The van der Waals surface area contributed by atoms with E-state index in [1.807, 2.05) is 0 Å². The summed E-state index contributed by atoms with van der Waals surface area (Å²) in [5.41, 5.74) is 0. The zero-order valence-corrected chi connectivity index (χ0v) is 9.13. The van der Waals surface area contributed by atoms with Crippen LogP contribution in [0.25, 0.3) is 0 Å². The molecule has 1 unspecified atom stereocenters. The second-order valence-corrected chi connectivity index (χ2v) is 4.60. The molecule has 1 fully saturated rings. The van der Waals surface area contributed by atoms with E-state index in [1.54, 1.807) is 0 Å². The fourth-order valence-corrected chi connectivity index (χ4v) is 2.22. The molecular formula is C12H24O. The van der Waals surface area contributed by atoms with Crippen LogP contribution in [0, 0.1) is 11.8 Å². The van der Waals surface area contributed by atoms with Crippen molar-refractivity contribution in [3.8, 4) is 0 Å². The highest BCUT2D eigenvalue weighted by Crippen LogP contribution is 2.32. The maximum atomic E-state index is 9.82. The zero-order chi connectivity index (χ0) is 9.68. The highest BCUT2D eigenvalue weighted by Gasteiger charge is 2.21. The summed E-state index contributed by atoms with van der Waals surface area (Å²) < 4.78 is 0. The van der Waals surface area contributed by atoms with Gasteiger partial charge < -0.3 is 5.11 Å². The highest BCUT2D eigenvalue weighted by atomic mass is 16.3. The van der Waals surface area contributed by atoms with Crippen molar-refractivity contribution in [3.63, 3.8) is 0 Å². The molecule has 0 aromatic carbocycles. The first-order chi connectivity index (χ1) is 6.26. The van der Waals surface area contributed by atoms with Crippen molar-refractivity contribution in [2.24, 2.45) is 11.8 Å². The predicted octanol–water partition coefficient (Wildman–Crippen LogP) is 3.36. The third-order valence-corrected chi connectivity index (χ3v) is 3.59. The van der Waals surface area contributed by atoms with Crippen molar-refractivity contribution >= 4 is 0 Å². The van der Waals surface area contributed by atoms with Crippen molar-refractivity contribution < 1.29 is 5.11 Å². The molecule has 0 aromatic rings. The molecule has 1 atom stereocenters. The van der Waals surface area contributed by atoms with Crippen molar-refractivity contribution in [1.29, 1.82) is 0 Å². The molecule has 0 radical (unpaired) electrons. The molecular weight excluding hydrogens is 160 g/mol. The normalized spacial score (nSPS) is 20.3. The largest absolute Gasteiger partial charge is 0.393 e. The number of aliphatic hydroxyl groups excluding tert-OH is 1. The van der Waals surface area contributed by atoms with Crippen LogP contribution >= 0.6 is 0 Å². The summed E-state index contributed by atoms with van der Waals surface area (Å²) in [6.07, 6.45) is 8.63. The van der Waals surface area contributed by atoms with E-state index in [0.29, 0.717) is 0 Å². The maximum Gasteiger partial charge on any atom is 0.0545 e. The molecule has 1 nitrogen and oxygen atoms in total. The summed E-state index contributed by atoms with van der Waals surface area (Å²) in [6, 6.07) is 0. The quantitative estimate of drug-likeness (QED) is 0.671. The molecule has 0 bridgehead atoms. The summed E-state index contributed by atoms with van der Waals surface area (Å²) >= 11 is 0. The molecule has 1 aliphatic carbocycles. The van der Waals surface area contributed by atoms with Crippen LogP contribution in [-0.2, 0) is 0 Å². The van der Waals surface area contributed by atoms with Crippen LogP contribution in [0.1, 0.15) is 58.8 Å². The molecule has 0 saturated heterocycles. The Balaban J connectivity index is 2.10. The van der Waals surface area contributed by atoms with Gasteiger partial charge in [-0.3, -0.25) is 0 Å². The van der Waals surface area contributed by atoms with Gasteiger partial charge in [0.05, 0.1) is 6.10 Å². The Morgan fingerprint density at radius 2 is 1.85 bits per heavy atom. The third-order valence-electron chi connectivity index (χ3n) is 3.59. The first-order valence-electron chi connectivity index (χ1n) is 5.94. The van der Waals surface area contributed by atoms with Gasteiger partial charge in [-0.2, -0.15) is 0 Å². The second kappa shape index (κ2) is 5.64. The lowest BCUT2D eigenvalue weighted by molar-refractivity contribution is 0.0925. The number of hydrogen-bond acceptors (Lipinski definition) is 1. The van der Waals surface area contributed by atoms with Crippen LogP contribution in [0.15, 0.2) is 0 Å². The van der Waals surface area contributed by atoms with Gasteiger partial charge in [0, 0.05) is 0 Å². The van der Waals surface area contributed by atoms with E-state index in [0.717, 1.165) is 24.7 Å². The van der Waals surface area contributed by atoms with Gasteiger partial charge in [0.1, 0.15) is 0 Å². The molecule has 1 heteroatoms. The van der Waals surface area contributed by atoms with Crippen LogP contribution in [0.2, 0.25) is 0 Å². The molecule has 0 amide bonds. The average molecular weight is 184 g/mol. The molecule has 0 aromatic heterocycles. The molecule has 78 valence electrons. The summed E-state index contributed by atoms with van der Waals surface area (Å²) in [5.74, 6) is 1.60. The fraction of sp³-hybridized carbons (Fsp3) is 1.00. The van der Waals surface area contributed by atoms with E-state index in [-0.39, 0.29) is 6.10 Å². The van der Waals surface area contributed by atoms with E-state index >= 15 is 0 Å². The number of rotatable bonds is 6. The van der Waals surface area contributed by atoms with Gasteiger partial charge in [-0.15, -0.1) is 0 Å². The van der Waals surface area contributed by atoms with Gasteiger partial charge >= 0.3 is 0 Å². The Morgan fingerprint density at radius 3 is 2.23 bits per heavy atom. The average Bonchev–Trinajstić information content (AvgIpc) is 2.07. The van der Waals surface area contributed by atoms with Gasteiger partial charge in [0.15, 0.2) is 0 Å². The second-order valence-electron chi connectivity index (χ2n) is 4.60. The van der Waals surface area contributed by atoms with Gasteiger partial charge in [-0.25, -0.2) is 0 Å². The third kappa shape index (κ3) is 3.68. The van der Waals surface area contributed by atoms with E-state index in [9.17, 15) is 5.11 Å². The smallest absolute Gasteiger partial charge is 0.0545 e. The van der Waals surface area contributed by atoms with E-state index in [4.69, 9.17) is 0 Å². The van der Waals surface area contributed by atoms with Crippen LogP contribution in [0.3, 0.4) is 0 Å². The number of aliphatic hydroxyl groups is 1. The molecule has 1 rings (SSSR count). The molecule has 0 heterocycles. The van der Waals surface area contributed by atoms with Crippen LogP contribution in [-0.4, -0.2) is 11.2 Å². The summed E-state index contributed by atoms with van der Waals surface area (Å²) in [6.45, 7) is 4.45. The SMILES string of the molecule is CCC(CC)CC(O)CC1CCC1. The molecule has 1 saturated carbocycles. The van der Waals surface area contributed by atoms with Crippen molar-refractivity contribution in [2.45, 2.75) is 64.9 Å². The Kier molecular flexibility index (Phi) is 4.79. The van der Waals surface area contributed by atoms with Gasteiger partial charge in [0.2, 0.25) is 0 Å². The minimum absolute atomic E-state index is 0.0183. The lowest BCUT2D eigenvalue weighted by atomic mass is 9.80. The fourth-order valence-electron chi connectivity index (χ4n) is 2.22. The monoisotopic (exact) mass is 184 g/mol. The predicted molar refractivity (Wildman–Crippen MR) is 56.7 cm³/mol. The minimum atomic E-state index is -0.0183. The maximum absolute atomic E-state index is 9.82. The highest BCUT2D eigenvalue weighted by molar-refractivity contribution is 4.74. The van der Waals surface area contributed by atoms with Crippen molar-refractivity contribution in [3.05, 3.63) is 0 Å².